The van der Waals surface area contributed by atoms with E-state index in [2.05, 4.69) is 46.6 Å². The third kappa shape index (κ3) is 3.14. The first kappa shape index (κ1) is 14.4. The van der Waals surface area contributed by atoms with Crippen LogP contribution in [0.4, 0.5) is 5.69 Å². The van der Waals surface area contributed by atoms with E-state index in [4.69, 9.17) is 4.74 Å². The van der Waals surface area contributed by atoms with Crippen molar-refractivity contribution >= 4 is 11.6 Å². The van der Waals surface area contributed by atoms with Gasteiger partial charge < -0.3 is 10.1 Å². The second-order valence-electron chi connectivity index (χ2n) is 6.19. The van der Waals surface area contributed by atoms with Gasteiger partial charge in [0, 0.05) is 25.3 Å². The summed E-state index contributed by atoms with van der Waals surface area (Å²) in [5.74, 6) is 0.0817. The van der Waals surface area contributed by atoms with E-state index in [-0.39, 0.29) is 5.91 Å². The molecule has 0 atom stereocenters. The maximum absolute atomic E-state index is 11.5. The SMILES string of the molecule is O=C1Cc2cc(-c3cccc(CN4CCOCC4)c3)ccc2N1. The molecule has 2 aliphatic heterocycles. The summed E-state index contributed by atoms with van der Waals surface area (Å²) in [6.45, 7) is 4.60. The van der Waals surface area contributed by atoms with Crippen LogP contribution in [0.3, 0.4) is 0 Å². The third-order valence-corrected chi connectivity index (χ3v) is 4.50. The highest BCUT2D eigenvalue weighted by atomic mass is 16.5. The van der Waals surface area contributed by atoms with Gasteiger partial charge in [0.1, 0.15) is 0 Å². The number of fused-ring (bicyclic) bond motifs is 1. The summed E-state index contributed by atoms with van der Waals surface area (Å²) in [5, 5.41) is 2.88. The molecule has 1 amide bonds. The van der Waals surface area contributed by atoms with Crippen molar-refractivity contribution in [3.63, 3.8) is 0 Å². The molecular formula is C19H20N2O2. The van der Waals surface area contributed by atoms with Gasteiger partial charge >= 0.3 is 0 Å². The fourth-order valence-electron chi connectivity index (χ4n) is 3.28. The van der Waals surface area contributed by atoms with Crippen molar-refractivity contribution < 1.29 is 9.53 Å². The minimum atomic E-state index is 0.0817. The molecule has 4 nitrogen and oxygen atoms in total. The molecule has 0 aromatic heterocycles. The summed E-state index contributed by atoms with van der Waals surface area (Å²) in [7, 11) is 0. The smallest absolute Gasteiger partial charge is 0.228 e. The summed E-state index contributed by atoms with van der Waals surface area (Å²) in [6.07, 6.45) is 0.483. The fraction of sp³-hybridized carbons (Fsp3) is 0.316. The van der Waals surface area contributed by atoms with E-state index in [0.717, 1.165) is 44.1 Å². The van der Waals surface area contributed by atoms with Crippen LogP contribution < -0.4 is 5.32 Å². The van der Waals surface area contributed by atoms with Crippen molar-refractivity contribution in [1.29, 1.82) is 0 Å². The van der Waals surface area contributed by atoms with Crippen LogP contribution in [-0.4, -0.2) is 37.1 Å². The van der Waals surface area contributed by atoms with Crippen molar-refractivity contribution in [2.45, 2.75) is 13.0 Å². The van der Waals surface area contributed by atoms with Gasteiger partial charge in [-0.3, -0.25) is 9.69 Å². The first-order valence-corrected chi connectivity index (χ1v) is 8.10. The molecule has 2 aliphatic rings. The van der Waals surface area contributed by atoms with E-state index in [9.17, 15) is 4.79 Å². The Bertz CT molecular complexity index is 736. The van der Waals surface area contributed by atoms with Gasteiger partial charge in [0.05, 0.1) is 19.6 Å². The number of anilines is 1. The predicted octanol–water partition coefficient (Wildman–Crippen LogP) is 2.68. The van der Waals surface area contributed by atoms with E-state index in [1.54, 1.807) is 0 Å². The van der Waals surface area contributed by atoms with Gasteiger partial charge in [-0.05, 0) is 40.5 Å². The van der Waals surface area contributed by atoms with E-state index >= 15 is 0 Å². The Morgan fingerprint density at radius 3 is 2.74 bits per heavy atom. The molecule has 1 fully saturated rings. The van der Waals surface area contributed by atoms with Gasteiger partial charge in [0.25, 0.3) is 0 Å². The average Bonchev–Trinajstić information content (AvgIpc) is 2.95. The minimum absolute atomic E-state index is 0.0817. The Labute approximate surface area is 136 Å². The first-order chi connectivity index (χ1) is 11.3. The van der Waals surface area contributed by atoms with Crippen molar-refractivity contribution in [2.75, 3.05) is 31.6 Å². The van der Waals surface area contributed by atoms with Crippen LogP contribution in [0.15, 0.2) is 42.5 Å². The zero-order valence-corrected chi connectivity index (χ0v) is 13.0. The maximum atomic E-state index is 11.5. The van der Waals surface area contributed by atoms with Crippen LogP contribution in [0, 0.1) is 0 Å². The molecule has 1 N–H and O–H groups in total. The number of carbonyl (C=O) groups is 1. The van der Waals surface area contributed by atoms with Crippen molar-refractivity contribution in [3.8, 4) is 11.1 Å². The van der Waals surface area contributed by atoms with Crippen LogP contribution in [0.2, 0.25) is 0 Å². The summed E-state index contributed by atoms with van der Waals surface area (Å²) in [4.78, 5) is 13.9. The number of carbonyl (C=O) groups excluding carboxylic acids is 1. The fourth-order valence-corrected chi connectivity index (χ4v) is 3.28. The topological polar surface area (TPSA) is 41.6 Å². The Morgan fingerprint density at radius 1 is 1.04 bits per heavy atom. The van der Waals surface area contributed by atoms with Gasteiger partial charge in [-0.1, -0.05) is 24.3 Å². The van der Waals surface area contributed by atoms with E-state index < -0.39 is 0 Å². The Morgan fingerprint density at radius 2 is 1.87 bits per heavy atom. The van der Waals surface area contributed by atoms with Crippen molar-refractivity contribution in [2.24, 2.45) is 0 Å². The lowest BCUT2D eigenvalue weighted by Gasteiger charge is -2.26. The summed E-state index contributed by atoms with van der Waals surface area (Å²) in [6, 6.07) is 14.9. The van der Waals surface area contributed by atoms with Gasteiger partial charge in [-0.15, -0.1) is 0 Å². The largest absolute Gasteiger partial charge is 0.379 e. The summed E-state index contributed by atoms with van der Waals surface area (Å²) in [5.41, 5.74) is 5.73. The van der Waals surface area contributed by atoms with Crippen LogP contribution in [0.1, 0.15) is 11.1 Å². The Hall–Kier alpha value is -2.17. The first-order valence-electron chi connectivity index (χ1n) is 8.10. The molecule has 0 aliphatic carbocycles. The van der Waals surface area contributed by atoms with E-state index in [1.807, 2.05) is 6.07 Å². The summed E-state index contributed by atoms with van der Waals surface area (Å²) < 4.78 is 5.41. The lowest BCUT2D eigenvalue weighted by molar-refractivity contribution is -0.115. The van der Waals surface area contributed by atoms with Crippen molar-refractivity contribution in [1.82, 2.24) is 4.90 Å². The quantitative estimate of drug-likeness (QED) is 0.948. The van der Waals surface area contributed by atoms with Crippen LogP contribution in [-0.2, 0) is 22.5 Å². The average molecular weight is 308 g/mol. The zero-order valence-electron chi connectivity index (χ0n) is 13.0. The van der Waals surface area contributed by atoms with Crippen LogP contribution in [0.25, 0.3) is 11.1 Å². The number of rotatable bonds is 3. The van der Waals surface area contributed by atoms with Gasteiger partial charge in [-0.2, -0.15) is 0 Å². The molecule has 118 valence electrons. The molecule has 2 heterocycles. The molecule has 23 heavy (non-hydrogen) atoms. The number of amides is 1. The van der Waals surface area contributed by atoms with Gasteiger partial charge in [-0.25, -0.2) is 0 Å². The van der Waals surface area contributed by atoms with Gasteiger partial charge in [0.2, 0.25) is 5.91 Å². The standard InChI is InChI=1S/C19H20N2O2/c22-19-12-17-11-16(4-5-18(17)20-19)15-3-1-2-14(10-15)13-21-6-8-23-9-7-21/h1-5,10-11H,6-9,12-13H2,(H,20,22). The highest BCUT2D eigenvalue weighted by molar-refractivity contribution is 5.99. The molecule has 2 aromatic rings. The number of nitrogens with zero attached hydrogens (tertiary/aromatic N) is 1. The third-order valence-electron chi connectivity index (χ3n) is 4.50. The summed E-state index contributed by atoms with van der Waals surface area (Å²) >= 11 is 0. The lowest BCUT2D eigenvalue weighted by atomic mass is 10.00. The highest BCUT2D eigenvalue weighted by Crippen LogP contribution is 2.29. The number of nitrogens with one attached hydrogen (secondary N) is 1. The molecule has 1 saturated heterocycles. The van der Waals surface area contributed by atoms with Crippen LogP contribution >= 0.6 is 0 Å². The monoisotopic (exact) mass is 308 g/mol. The lowest BCUT2D eigenvalue weighted by Crippen LogP contribution is -2.35. The Balaban J connectivity index is 1.56. The number of ether oxygens (including phenoxy) is 1. The molecule has 0 bridgehead atoms. The maximum Gasteiger partial charge on any atom is 0.228 e. The molecule has 0 unspecified atom stereocenters. The molecule has 4 rings (SSSR count). The van der Waals surface area contributed by atoms with Gasteiger partial charge in [0.15, 0.2) is 0 Å². The molecule has 0 spiro atoms. The van der Waals surface area contributed by atoms with E-state index in [0.29, 0.717) is 6.42 Å². The second-order valence-corrected chi connectivity index (χ2v) is 6.19. The molecular weight excluding hydrogens is 288 g/mol. The number of morpholine rings is 1. The molecule has 4 heteroatoms. The van der Waals surface area contributed by atoms with Crippen LogP contribution in [0.5, 0.6) is 0 Å². The molecule has 0 radical (unpaired) electrons. The van der Waals surface area contributed by atoms with E-state index in [1.165, 1.54) is 16.7 Å². The number of hydrogen-bond acceptors (Lipinski definition) is 3. The minimum Gasteiger partial charge on any atom is -0.379 e. The highest BCUT2D eigenvalue weighted by Gasteiger charge is 2.18. The molecule has 0 saturated carbocycles. The molecule has 2 aromatic carbocycles. The number of benzene rings is 2. The van der Waals surface area contributed by atoms with Crippen molar-refractivity contribution in [3.05, 3.63) is 53.6 Å². The second kappa shape index (κ2) is 6.14. The Kier molecular flexibility index (Phi) is 3.85. The zero-order chi connectivity index (χ0) is 15.6. The number of hydrogen-bond donors (Lipinski definition) is 1. The predicted molar refractivity (Wildman–Crippen MR) is 90.3 cm³/mol. The normalized spacial score (nSPS) is 17.8.